The van der Waals surface area contributed by atoms with Crippen LogP contribution in [-0.4, -0.2) is 40.2 Å². The summed E-state index contributed by atoms with van der Waals surface area (Å²) >= 11 is 2.73. The second-order valence-corrected chi connectivity index (χ2v) is 11.8. The molecule has 1 aromatic heterocycles. The van der Waals surface area contributed by atoms with E-state index in [4.69, 9.17) is 9.47 Å². The van der Waals surface area contributed by atoms with Gasteiger partial charge in [0.15, 0.2) is 15.8 Å². The number of ether oxygens (including phenoxy) is 2. The number of rotatable bonds is 11. The molecule has 42 heavy (non-hydrogen) atoms. The van der Waals surface area contributed by atoms with Crippen LogP contribution in [0.4, 0.5) is 5.13 Å². The zero-order valence-electron chi connectivity index (χ0n) is 23.6. The fraction of sp³-hybridized carbons (Fsp3) is 0.250. The highest BCUT2D eigenvalue weighted by Crippen LogP contribution is 2.45. The van der Waals surface area contributed by atoms with E-state index in [1.165, 1.54) is 33.6 Å². The van der Waals surface area contributed by atoms with Crippen LogP contribution >= 0.6 is 23.1 Å². The smallest absolute Gasteiger partial charge is 0.301 e. The second-order valence-electron chi connectivity index (χ2n) is 9.65. The molecular formula is C32H31N3O5S2. The van der Waals surface area contributed by atoms with Crippen LogP contribution in [0.15, 0.2) is 82.7 Å². The van der Waals surface area contributed by atoms with Crippen molar-refractivity contribution in [1.29, 1.82) is 0 Å². The van der Waals surface area contributed by atoms with E-state index in [1.807, 2.05) is 26.8 Å². The molecule has 1 atom stereocenters. The highest BCUT2D eigenvalue weighted by molar-refractivity contribution is 8.00. The van der Waals surface area contributed by atoms with E-state index in [-0.39, 0.29) is 16.5 Å². The molecule has 1 fully saturated rings. The van der Waals surface area contributed by atoms with Crippen molar-refractivity contribution in [3.05, 3.63) is 101 Å². The van der Waals surface area contributed by atoms with Crippen LogP contribution in [0.1, 0.15) is 48.6 Å². The molecule has 0 aliphatic carbocycles. The van der Waals surface area contributed by atoms with Crippen molar-refractivity contribution in [2.75, 3.05) is 18.1 Å². The fourth-order valence-electron chi connectivity index (χ4n) is 4.58. The number of amides is 1. The molecule has 1 aliphatic heterocycles. The topological polar surface area (TPSA) is 102 Å². The monoisotopic (exact) mass is 601 g/mol. The van der Waals surface area contributed by atoms with Gasteiger partial charge in [-0.15, -0.1) is 10.2 Å². The van der Waals surface area contributed by atoms with E-state index < -0.39 is 17.7 Å². The first-order chi connectivity index (χ1) is 20.4. The van der Waals surface area contributed by atoms with Gasteiger partial charge < -0.3 is 14.6 Å². The maximum Gasteiger partial charge on any atom is 0.301 e. The second kappa shape index (κ2) is 13.2. The Bertz CT molecular complexity index is 1600. The Morgan fingerprint density at radius 1 is 0.976 bits per heavy atom. The Hall–Kier alpha value is -4.15. The van der Waals surface area contributed by atoms with Gasteiger partial charge in [0.05, 0.1) is 24.8 Å². The molecule has 3 aromatic carbocycles. The third-order valence-corrected chi connectivity index (χ3v) is 8.75. The summed E-state index contributed by atoms with van der Waals surface area (Å²) in [4.78, 5) is 28.4. The number of aryl methyl sites for hydroxylation is 1. The first kappa shape index (κ1) is 29.3. The van der Waals surface area contributed by atoms with Crippen LogP contribution in [0.3, 0.4) is 0 Å². The van der Waals surface area contributed by atoms with Gasteiger partial charge >= 0.3 is 5.91 Å². The number of benzene rings is 3. The van der Waals surface area contributed by atoms with Crippen LogP contribution in [0.2, 0.25) is 0 Å². The SMILES string of the molecule is CCCOc1ccc(C2C(=C(O)c3ccccc3)C(=O)C(=O)N2c2nnc(SCc3ccc(C)cc3)s2)cc1OCC. The first-order valence-corrected chi connectivity index (χ1v) is 15.5. The molecule has 10 heteroatoms. The minimum atomic E-state index is -0.951. The molecule has 0 radical (unpaired) electrons. The van der Waals surface area contributed by atoms with Crippen molar-refractivity contribution in [1.82, 2.24) is 10.2 Å². The van der Waals surface area contributed by atoms with Crippen molar-refractivity contribution in [3.63, 3.8) is 0 Å². The Morgan fingerprint density at radius 2 is 1.74 bits per heavy atom. The van der Waals surface area contributed by atoms with Crippen molar-refractivity contribution < 1.29 is 24.2 Å². The molecule has 216 valence electrons. The summed E-state index contributed by atoms with van der Waals surface area (Å²) in [6.07, 6.45) is 0.825. The third kappa shape index (κ3) is 6.19. The van der Waals surface area contributed by atoms with Gasteiger partial charge in [-0.1, -0.05) is 96.2 Å². The Labute approximate surface area is 253 Å². The summed E-state index contributed by atoms with van der Waals surface area (Å²) in [7, 11) is 0. The van der Waals surface area contributed by atoms with E-state index in [0.29, 0.717) is 45.9 Å². The number of hydrogen-bond donors (Lipinski definition) is 1. The lowest BCUT2D eigenvalue weighted by Crippen LogP contribution is -2.29. The molecule has 4 aromatic rings. The van der Waals surface area contributed by atoms with E-state index >= 15 is 0 Å². The van der Waals surface area contributed by atoms with E-state index in [1.54, 1.807) is 42.5 Å². The summed E-state index contributed by atoms with van der Waals surface area (Å²) < 4.78 is 12.4. The summed E-state index contributed by atoms with van der Waals surface area (Å²) in [6.45, 7) is 6.84. The molecule has 0 spiro atoms. The molecule has 1 N–H and O–H groups in total. The van der Waals surface area contributed by atoms with Crippen LogP contribution < -0.4 is 14.4 Å². The molecule has 1 amide bonds. The number of carbonyl (C=O) groups is 2. The lowest BCUT2D eigenvalue weighted by molar-refractivity contribution is -0.132. The van der Waals surface area contributed by atoms with Crippen molar-refractivity contribution >= 4 is 45.7 Å². The maximum atomic E-state index is 13.6. The number of aliphatic hydroxyl groups is 1. The number of aliphatic hydroxyl groups excluding tert-OH is 1. The predicted molar refractivity (Wildman–Crippen MR) is 165 cm³/mol. The lowest BCUT2D eigenvalue weighted by atomic mass is 9.95. The Kier molecular flexibility index (Phi) is 9.24. The van der Waals surface area contributed by atoms with Gasteiger partial charge in [-0.3, -0.25) is 14.5 Å². The van der Waals surface area contributed by atoms with Gasteiger partial charge in [0.1, 0.15) is 5.76 Å². The average Bonchev–Trinajstić information content (AvgIpc) is 3.58. The zero-order valence-corrected chi connectivity index (χ0v) is 25.2. The highest BCUT2D eigenvalue weighted by atomic mass is 32.2. The first-order valence-electron chi connectivity index (χ1n) is 13.7. The summed E-state index contributed by atoms with van der Waals surface area (Å²) in [6, 6.07) is 21.3. The fourth-order valence-corrected chi connectivity index (χ4v) is 6.40. The van der Waals surface area contributed by atoms with Gasteiger partial charge in [0.2, 0.25) is 5.13 Å². The lowest BCUT2D eigenvalue weighted by Gasteiger charge is -2.23. The van der Waals surface area contributed by atoms with Crippen LogP contribution in [0.5, 0.6) is 11.5 Å². The zero-order chi connectivity index (χ0) is 29.6. The number of thioether (sulfide) groups is 1. The molecule has 2 heterocycles. The standard InChI is InChI=1S/C32H31N3O5S2/c1-4-17-40-24-16-15-23(18-25(24)39-5-2)27-26(28(36)22-9-7-6-8-10-22)29(37)30(38)35(27)31-33-34-32(42-31)41-19-21-13-11-20(3)12-14-21/h6-16,18,27,36H,4-5,17,19H2,1-3H3. The summed E-state index contributed by atoms with van der Waals surface area (Å²) in [5, 5.41) is 20.3. The van der Waals surface area contributed by atoms with Crippen molar-refractivity contribution in [3.8, 4) is 11.5 Å². The maximum absolute atomic E-state index is 13.6. The minimum absolute atomic E-state index is 0.0278. The molecule has 5 rings (SSSR count). The molecule has 1 aliphatic rings. The number of aromatic nitrogens is 2. The number of ketones is 1. The van der Waals surface area contributed by atoms with Crippen LogP contribution in [-0.2, 0) is 15.3 Å². The van der Waals surface area contributed by atoms with E-state index in [9.17, 15) is 14.7 Å². The highest BCUT2D eigenvalue weighted by Gasteiger charge is 2.48. The molecule has 1 unspecified atom stereocenters. The van der Waals surface area contributed by atoms with E-state index in [2.05, 4.69) is 34.5 Å². The molecule has 0 bridgehead atoms. The molecule has 0 saturated carbocycles. The quantitative estimate of drug-likeness (QED) is 0.0648. The normalized spacial score (nSPS) is 16.2. The molecular weight excluding hydrogens is 571 g/mol. The van der Waals surface area contributed by atoms with Gasteiger partial charge in [-0.2, -0.15) is 0 Å². The minimum Gasteiger partial charge on any atom is -0.507 e. The summed E-state index contributed by atoms with van der Waals surface area (Å²) in [5.41, 5.74) is 3.30. The average molecular weight is 602 g/mol. The van der Waals surface area contributed by atoms with Crippen LogP contribution in [0, 0.1) is 6.92 Å². The van der Waals surface area contributed by atoms with Gasteiger partial charge in [-0.05, 0) is 43.5 Å². The molecule has 8 nitrogen and oxygen atoms in total. The number of anilines is 1. The number of hydrogen-bond acceptors (Lipinski definition) is 9. The van der Waals surface area contributed by atoms with Crippen molar-refractivity contribution in [2.24, 2.45) is 0 Å². The number of Topliss-reactive ketones (excluding diaryl/α,β-unsaturated/α-hetero) is 1. The van der Waals surface area contributed by atoms with Gasteiger partial charge in [0, 0.05) is 11.3 Å². The predicted octanol–water partition coefficient (Wildman–Crippen LogP) is 6.95. The third-order valence-electron chi connectivity index (χ3n) is 6.62. The van der Waals surface area contributed by atoms with Crippen molar-refractivity contribution in [2.45, 2.75) is 43.3 Å². The number of nitrogens with zero attached hydrogens (tertiary/aromatic N) is 3. The largest absolute Gasteiger partial charge is 0.507 e. The van der Waals surface area contributed by atoms with Crippen LogP contribution in [0.25, 0.3) is 5.76 Å². The van der Waals surface area contributed by atoms with Gasteiger partial charge in [0.25, 0.3) is 5.78 Å². The number of carbonyl (C=O) groups excluding carboxylic acids is 2. The van der Waals surface area contributed by atoms with Gasteiger partial charge in [-0.25, -0.2) is 0 Å². The van der Waals surface area contributed by atoms with E-state index in [0.717, 1.165) is 12.0 Å². The Morgan fingerprint density at radius 3 is 2.45 bits per heavy atom. The summed E-state index contributed by atoms with van der Waals surface area (Å²) in [5.74, 6) is -0.109. The Balaban J connectivity index is 1.56. The molecule has 1 saturated heterocycles.